The molecule has 2 aromatic rings. The van der Waals surface area contributed by atoms with Crippen LogP contribution in [0.25, 0.3) is 0 Å². The van der Waals surface area contributed by atoms with Crippen molar-refractivity contribution in [3.05, 3.63) is 71.5 Å². The van der Waals surface area contributed by atoms with Crippen LogP contribution in [0, 0.1) is 5.82 Å². The van der Waals surface area contributed by atoms with E-state index in [0.29, 0.717) is 31.6 Å². The Labute approximate surface area is 202 Å². The van der Waals surface area contributed by atoms with E-state index in [1.54, 1.807) is 12.1 Å². The number of halogens is 3. The molecule has 1 heterocycles. The zero-order valence-corrected chi connectivity index (χ0v) is 19.8. The fourth-order valence-corrected chi connectivity index (χ4v) is 3.85. The second-order valence-electron chi connectivity index (χ2n) is 7.55. The number of nitrogens with zero attached hydrogens (tertiary/aromatic N) is 2. The summed E-state index contributed by atoms with van der Waals surface area (Å²) in [4.78, 5) is 20.6. The molecule has 0 radical (unpaired) electrons. The summed E-state index contributed by atoms with van der Waals surface area (Å²) in [6.45, 7) is 2.68. The number of piperidine rings is 1. The number of likely N-dealkylation sites (tertiary alicyclic amines) is 1. The van der Waals surface area contributed by atoms with Gasteiger partial charge in [0.15, 0.2) is 5.78 Å². The molecule has 0 spiro atoms. The largest absolute Gasteiger partial charge is 0.394 e. The topological polar surface area (TPSA) is 67.9 Å². The van der Waals surface area contributed by atoms with E-state index in [9.17, 15) is 9.18 Å². The van der Waals surface area contributed by atoms with E-state index in [1.165, 1.54) is 18.6 Å². The Morgan fingerprint density at radius 1 is 1.00 bits per heavy atom. The lowest BCUT2D eigenvalue weighted by molar-refractivity contribution is 0.0963. The molecule has 0 saturated carbocycles. The van der Waals surface area contributed by atoms with Gasteiger partial charge in [-0.05, 0) is 56.6 Å². The predicted octanol–water partition coefficient (Wildman–Crippen LogP) is 4.87. The van der Waals surface area contributed by atoms with Gasteiger partial charge in [-0.2, -0.15) is 0 Å². The van der Waals surface area contributed by atoms with Gasteiger partial charge in [0.05, 0.1) is 6.04 Å². The quantitative estimate of drug-likeness (QED) is 0.226. The van der Waals surface area contributed by atoms with Crippen LogP contribution in [0.15, 0.2) is 59.8 Å². The summed E-state index contributed by atoms with van der Waals surface area (Å²) < 4.78 is 13.2. The van der Waals surface area contributed by atoms with Crippen molar-refractivity contribution in [1.29, 1.82) is 0 Å². The molecule has 1 saturated heterocycles. The Kier molecular flexibility index (Phi) is 13.1. The highest BCUT2D eigenvalue weighted by atomic mass is 35.5. The van der Waals surface area contributed by atoms with Gasteiger partial charge in [-0.25, -0.2) is 4.39 Å². The highest BCUT2D eigenvalue weighted by Crippen LogP contribution is 2.21. The van der Waals surface area contributed by atoms with Crippen LogP contribution in [0.1, 0.15) is 48.0 Å². The van der Waals surface area contributed by atoms with Crippen molar-refractivity contribution < 1.29 is 14.0 Å². The molecule has 1 unspecified atom stereocenters. The maximum atomic E-state index is 13.2. The molecular formula is C24H32Cl2FN3O2. The molecule has 8 heteroatoms. The average Bonchev–Trinajstić information content (AvgIpc) is 2.79. The molecule has 2 N–H and O–H groups in total. The van der Waals surface area contributed by atoms with Crippen LogP contribution < -0.4 is 5.73 Å². The maximum Gasteiger partial charge on any atom is 0.162 e. The third kappa shape index (κ3) is 8.17. The number of carbonyl (C=O) groups excluding carboxylic acids is 1. The first-order valence-corrected chi connectivity index (χ1v) is 10.7. The minimum Gasteiger partial charge on any atom is -0.394 e. The summed E-state index contributed by atoms with van der Waals surface area (Å²) in [5.41, 5.74) is 7.92. The first-order chi connectivity index (χ1) is 14.7. The second kappa shape index (κ2) is 15.0. The molecular weight excluding hydrogens is 452 g/mol. The zero-order valence-electron chi connectivity index (χ0n) is 18.1. The Morgan fingerprint density at radius 3 is 2.28 bits per heavy atom. The lowest BCUT2D eigenvalue weighted by Crippen LogP contribution is -2.45. The van der Waals surface area contributed by atoms with Crippen molar-refractivity contribution in [2.75, 3.05) is 26.2 Å². The second-order valence-corrected chi connectivity index (χ2v) is 7.55. The highest BCUT2D eigenvalue weighted by Gasteiger charge is 2.28. The predicted molar refractivity (Wildman–Crippen MR) is 132 cm³/mol. The Morgan fingerprint density at radius 2 is 1.66 bits per heavy atom. The lowest BCUT2D eigenvalue weighted by Gasteiger charge is -2.35. The van der Waals surface area contributed by atoms with Crippen molar-refractivity contribution >= 4 is 36.3 Å². The smallest absolute Gasteiger partial charge is 0.162 e. The number of nitrogens with two attached hydrogens (primary N) is 1. The standard InChI is InChI=1S/C24H30FN3O2.2ClH/c25-21-11-9-19(10-12-21)23(29)14-13-22(28-16-5-2-6-17-28)24(27-30-18-15-26)20-7-3-1-4-8-20;;/h1,3-4,7-12,22H,2,5-6,13-18,26H2;2*1H. The molecule has 3 rings (SSSR count). The summed E-state index contributed by atoms with van der Waals surface area (Å²) in [7, 11) is 0. The maximum absolute atomic E-state index is 13.2. The normalized spacial score (nSPS) is 15.2. The molecule has 1 aliphatic rings. The van der Waals surface area contributed by atoms with Crippen LogP contribution >= 0.6 is 24.8 Å². The van der Waals surface area contributed by atoms with E-state index in [0.717, 1.165) is 37.2 Å². The van der Waals surface area contributed by atoms with E-state index < -0.39 is 0 Å². The van der Waals surface area contributed by atoms with Crippen LogP contribution in [0.5, 0.6) is 0 Å². The van der Waals surface area contributed by atoms with Crippen LogP contribution in [-0.2, 0) is 4.84 Å². The summed E-state index contributed by atoms with van der Waals surface area (Å²) in [6, 6.07) is 15.7. The average molecular weight is 484 g/mol. The third-order valence-corrected chi connectivity index (χ3v) is 5.40. The minimum absolute atomic E-state index is 0. The summed E-state index contributed by atoms with van der Waals surface area (Å²) in [6.07, 6.45) is 4.47. The number of Topliss-reactive ketones (excluding diaryl/α,β-unsaturated/α-hetero) is 1. The first-order valence-electron chi connectivity index (χ1n) is 10.7. The molecule has 1 fully saturated rings. The molecule has 0 amide bonds. The van der Waals surface area contributed by atoms with Crippen molar-refractivity contribution in [3.63, 3.8) is 0 Å². The van der Waals surface area contributed by atoms with E-state index in [4.69, 9.17) is 10.6 Å². The minimum atomic E-state index is -0.340. The van der Waals surface area contributed by atoms with Gasteiger partial charge in [-0.3, -0.25) is 9.69 Å². The molecule has 176 valence electrons. The monoisotopic (exact) mass is 483 g/mol. The Bertz CT molecular complexity index is 829. The molecule has 0 aromatic heterocycles. The van der Waals surface area contributed by atoms with Crippen molar-refractivity contribution in [1.82, 2.24) is 4.90 Å². The van der Waals surface area contributed by atoms with E-state index >= 15 is 0 Å². The molecule has 0 aliphatic carbocycles. The lowest BCUT2D eigenvalue weighted by atomic mass is 9.93. The van der Waals surface area contributed by atoms with Crippen LogP contribution in [-0.4, -0.2) is 48.7 Å². The van der Waals surface area contributed by atoms with Gasteiger partial charge in [-0.1, -0.05) is 41.9 Å². The van der Waals surface area contributed by atoms with Gasteiger partial charge in [0, 0.05) is 24.1 Å². The third-order valence-electron chi connectivity index (χ3n) is 5.40. The van der Waals surface area contributed by atoms with E-state index in [1.807, 2.05) is 30.3 Å². The molecule has 2 aromatic carbocycles. The summed E-state index contributed by atoms with van der Waals surface area (Å²) in [5.74, 6) is -0.333. The van der Waals surface area contributed by atoms with Crippen molar-refractivity contribution in [2.45, 2.75) is 38.1 Å². The number of ketones is 1. The van der Waals surface area contributed by atoms with E-state index in [-0.39, 0.29) is 42.5 Å². The number of hydrogen-bond donors (Lipinski definition) is 1. The fourth-order valence-electron chi connectivity index (χ4n) is 3.85. The van der Waals surface area contributed by atoms with Crippen molar-refractivity contribution in [2.24, 2.45) is 10.9 Å². The number of oxime groups is 1. The number of hydrogen-bond acceptors (Lipinski definition) is 5. The van der Waals surface area contributed by atoms with Crippen LogP contribution in [0.2, 0.25) is 0 Å². The van der Waals surface area contributed by atoms with Crippen LogP contribution in [0.3, 0.4) is 0 Å². The molecule has 32 heavy (non-hydrogen) atoms. The SMILES string of the molecule is Cl.Cl.NCCON=C(c1ccccc1)C(CCC(=O)c1ccc(F)cc1)N1CCCCC1. The van der Waals surface area contributed by atoms with Gasteiger partial charge in [0.2, 0.25) is 0 Å². The van der Waals surface area contributed by atoms with Crippen molar-refractivity contribution in [3.8, 4) is 0 Å². The molecule has 5 nitrogen and oxygen atoms in total. The first kappa shape index (κ1) is 28.0. The van der Waals surface area contributed by atoms with Gasteiger partial charge >= 0.3 is 0 Å². The van der Waals surface area contributed by atoms with Crippen LogP contribution in [0.4, 0.5) is 4.39 Å². The van der Waals surface area contributed by atoms with Gasteiger partial charge in [-0.15, -0.1) is 24.8 Å². The highest BCUT2D eigenvalue weighted by molar-refractivity contribution is 6.04. The zero-order chi connectivity index (χ0) is 21.2. The summed E-state index contributed by atoms with van der Waals surface area (Å²) >= 11 is 0. The number of rotatable bonds is 10. The molecule has 0 bridgehead atoms. The summed E-state index contributed by atoms with van der Waals surface area (Å²) in [5, 5.41) is 4.46. The Balaban J connectivity index is 0.00000256. The number of carbonyl (C=O) groups is 1. The van der Waals surface area contributed by atoms with Gasteiger partial charge in [0.25, 0.3) is 0 Å². The fraction of sp³-hybridized carbons (Fsp3) is 0.417. The van der Waals surface area contributed by atoms with Gasteiger partial charge < -0.3 is 10.6 Å². The van der Waals surface area contributed by atoms with E-state index in [2.05, 4.69) is 10.1 Å². The molecule has 1 aliphatic heterocycles. The Hall–Kier alpha value is -1.99. The van der Waals surface area contributed by atoms with Gasteiger partial charge in [0.1, 0.15) is 18.1 Å². The number of benzene rings is 2. The molecule has 1 atom stereocenters.